The quantitative estimate of drug-likeness (QED) is 0.805. The molecule has 1 unspecified atom stereocenters. The Labute approximate surface area is 112 Å². The second-order valence-corrected chi connectivity index (χ2v) is 4.58. The van der Waals surface area contributed by atoms with Crippen LogP contribution in [0.3, 0.4) is 0 Å². The van der Waals surface area contributed by atoms with Crippen molar-refractivity contribution in [2.24, 2.45) is 0 Å². The number of rotatable bonds is 5. The largest absolute Gasteiger partial charge is 0.469 e. The van der Waals surface area contributed by atoms with E-state index < -0.39 is 0 Å². The lowest BCUT2D eigenvalue weighted by Gasteiger charge is -2.15. The van der Waals surface area contributed by atoms with Gasteiger partial charge in [0.2, 0.25) is 0 Å². The summed E-state index contributed by atoms with van der Waals surface area (Å²) in [7, 11) is 0. The highest BCUT2D eigenvalue weighted by Gasteiger charge is 2.06. The van der Waals surface area contributed by atoms with Crippen LogP contribution >= 0.6 is 0 Å². The first kappa shape index (κ1) is 13.0. The van der Waals surface area contributed by atoms with Gasteiger partial charge >= 0.3 is 0 Å². The lowest BCUT2D eigenvalue weighted by atomic mass is 10.1. The van der Waals surface area contributed by atoms with Gasteiger partial charge in [-0.05, 0) is 43.7 Å². The van der Waals surface area contributed by atoms with E-state index in [4.69, 9.17) is 15.4 Å². The molecule has 1 aromatic heterocycles. The van der Waals surface area contributed by atoms with Crippen molar-refractivity contribution in [3.05, 3.63) is 47.9 Å². The van der Waals surface area contributed by atoms with E-state index in [-0.39, 0.29) is 0 Å². The number of nitrogens with two attached hydrogens (primary N) is 1. The van der Waals surface area contributed by atoms with E-state index in [0.717, 1.165) is 24.3 Å². The number of benzene rings is 1. The van der Waals surface area contributed by atoms with Crippen LogP contribution in [-0.2, 0) is 6.42 Å². The summed E-state index contributed by atoms with van der Waals surface area (Å²) >= 11 is 0. The number of anilines is 2. The summed E-state index contributed by atoms with van der Waals surface area (Å²) in [6, 6.07) is 11.7. The fraction of sp³-hybridized carbons (Fsp3) is 0.267. The van der Waals surface area contributed by atoms with Gasteiger partial charge in [-0.1, -0.05) is 0 Å². The molecule has 1 heterocycles. The lowest BCUT2D eigenvalue weighted by molar-refractivity contribution is 0.495. The molecule has 0 fully saturated rings. The predicted octanol–water partition coefficient (Wildman–Crippen LogP) is 3.17. The van der Waals surface area contributed by atoms with Gasteiger partial charge in [0.15, 0.2) is 0 Å². The maximum atomic E-state index is 8.94. The predicted molar refractivity (Wildman–Crippen MR) is 75.7 cm³/mol. The molecule has 0 bridgehead atoms. The van der Waals surface area contributed by atoms with Crippen LogP contribution < -0.4 is 11.1 Å². The molecule has 0 aliphatic heterocycles. The Morgan fingerprint density at radius 2 is 2.26 bits per heavy atom. The molecule has 4 heteroatoms. The Morgan fingerprint density at radius 1 is 1.42 bits per heavy atom. The standard InChI is InChI=1S/C15H17N3O/c1-11(4-6-14-3-2-8-19-14)18-13-5-7-15(17)12(9-13)10-16/h2-3,5,7-9,11,18H,4,6,17H2,1H3. The highest BCUT2D eigenvalue weighted by molar-refractivity contribution is 5.62. The molecule has 0 spiro atoms. The van der Waals surface area contributed by atoms with Crippen molar-refractivity contribution in [2.45, 2.75) is 25.8 Å². The molecule has 0 radical (unpaired) electrons. The van der Waals surface area contributed by atoms with E-state index in [1.807, 2.05) is 18.2 Å². The summed E-state index contributed by atoms with van der Waals surface area (Å²) < 4.78 is 5.30. The summed E-state index contributed by atoms with van der Waals surface area (Å²) in [4.78, 5) is 0. The van der Waals surface area contributed by atoms with Gasteiger partial charge in [0.05, 0.1) is 11.8 Å². The van der Waals surface area contributed by atoms with Crippen LogP contribution in [0.1, 0.15) is 24.7 Å². The van der Waals surface area contributed by atoms with E-state index in [0.29, 0.717) is 17.3 Å². The third kappa shape index (κ3) is 3.52. The van der Waals surface area contributed by atoms with Crippen LogP contribution in [0, 0.1) is 11.3 Å². The third-order valence-corrected chi connectivity index (χ3v) is 2.99. The molecule has 0 aliphatic carbocycles. The first-order chi connectivity index (χ1) is 9.19. The summed E-state index contributed by atoms with van der Waals surface area (Å²) in [6.07, 6.45) is 3.54. The molecular formula is C15H17N3O. The van der Waals surface area contributed by atoms with Crippen LogP contribution in [0.4, 0.5) is 11.4 Å². The number of aryl methyl sites for hydroxylation is 1. The average molecular weight is 255 g/mol. The fourth-order valence-corrected chi connectivity index (χ4v) is 1.91. The van der Waals surface area contributed by atoms with Gasteiger partial charge in [0.25, 0.3) is 0 Å². The molecule has 2 aromatic rings. The van der Waals surface area contributed by atoms with Crippen molar-refractivity contribution in [1.82, 2.24) is 0 Å². The molecule has 0 saturated heterocycles. The van der Waals surface area contributed by atoms with Gasteiger partial charge in [-0.25, -0.2) is 0 Å². The Balaban J connectivity index is 1.91. The van der Waals surface area contributed by atoms with Crippen molar-refractivity contribution in [3.63, 3.8) is 0 Å². The van der Waals surface area contributed by atoms with Gasteiger partial charge in [0.1, 0.15) is 11.8 Å². The van der Waals surface area contributed by atoms with Crippen molar-refractivity contribution in [1.29, 1.82) is 5.26 Å². The van der Waals surface area contributed by atoms with Crippen LogP contribution in [-0.4, -0.2) is 6.04 Å². The van der Waals surface area contributed by atoms with Crippen LogP contribution in [0.25, 0.3) is 0 Å². The van der Waals surface area contributed by atoms with Crippen LogP contribution in [0.2, 0.25) is 0 Å². The lowest BCUT2D eigenvalue weighted by Crippen LogP contribution is -2.16. The van der Waals surface area contributed by atoms with Crippen molar-refractivity contribution < 1.29 is 4.42 Å². The number of hydrogen-bond acceptors (Lipinski definition) is 4. The van der Waals surface area contributed by atoms with E-state index in [1.165, 1.54) is 0 Å². The van der Waals surface area contributed by atoms with Crippen molar-refractivity contribution >= 4 is 11.4 Å². The molecule has 98 valence electrons. The first-order valence-electron chi connectivity index (χ1n) is 6.27. The van der Waals surface area contributed by atoms with Crippen molar-refractivity contribution in [3.8, 4) is 6.07 Å². The van der Waals surface area contributed by atoms with E-state index >= 15 is 0 Å². The number of nitrogens with one attached hydrogen (secondary N) is 1. The van der Waals surface area contributed by atoms with E-state index in [9.17, 15) is 0 Å². The monoisotopic (exact) mass is 255 g/mol. The number of furan rings is 1. The Bertz CT molecular complexity index is 570. The summed E-state index contributed by atoms with van der Waals surface area (Å²) in [5.41, 5.74) is 7.62. The van der Waals surface area contributed by atoms with Crippen LogP contribution in [0.15, 0.2) is 41.0 Å². The number of hydrogen-bond donors (Lipinski definition) is 2. The Hall–Kier alpha value is -2.41. The molecular weight excluding hydrogens is 238 g/mol. The SMILES string of the molecule is CC(CCc1ccco1)Nc1ccc(N)c(C#N)c1. The van der Waals surface area contributed by atoms with E-state index in [2.05, 4.69) is 18.3 Å². The highest BCUT2D eigenvalue weighted by Crippen LogP contribution is 2.18. The Morgan fingerprint density at radius 3 is 2.95 bits per heavy atom. The summed E-state index contributed by atoms with van der Waals surface area (Å²) in [6.45, 7) is 2.10. The minimum Gasteiger partial charge on any atom is -0.469 e. The molecule has 2 rings (SSSR count). The fourth-order valence-electron chi connectivity index (χ4n) is 1.91. The normalized spacial score (nSPS) is 11.8. The second kappa shape index (κ2) is 5.96. The molecule has 0 amide bonds. The summed E-state index contributed by atoms with van der Waals surface area (Å²) in [5, 5.41) is 12.3. The second-order valence-electron chi connectivity index (χ2n) is 4.58. The van der Waals surface area contributed by atoms with E-state index in [1.54, 1.807) is 18.4 Å². The van der Waals surface area contributed by atoms with Crippen molar-refractivity contribution in [2.75, 3.05) is 11.1 Å². The zero-order valence-electron chi connectivity index (χ0n) is 10.9. The molecule has 0 aliphatic rings. The van der Waals surface area contributed by atoms with Gasteiger partial charge in [-0.2, -0.15) is 5.26 Å². The average Bonchev–Trinajstić information content (AvgIpc) is 2.92. The number of nitrogens with zero attached hydrogens (tertiary/aromatic N) is 1. The zero-order valence-corrected chi connectivity index (χ0v) is 10.9. The smallest absolute Gasteiger partial charge is 0.103 e. The van der Waals surface area contributed by atoms with Gasteiger partial charge in [-0.15, -0.1) is 0 Å². The molecule has 4 nitrogen and oxygen atoms in total. The first-order valence-corrected chi connectivity index (χ1v) is 6.27. The minimum absolute atomic E-state index is 0.292. The molecule has 3 N–H and O–H groups in total. The van der Waals surface area contributed by atoms with Gasteiger partial charge in [-0.3, -0.25) is 0 Å². The summed E-state index contributed by atoms with van der Waals surface area (Å²) in [5.74, 6) is 0.990. The van der Waals surface area contributed by atoms with Gasteiger partial charge < -0.3 is 15.5 Å². The highest BCUT2D eigenvalue weighted by atomic mass is 16.3. The van der Waals surface area contributed by atoms with Gasteiger partial charge in [0, 0.05) is 23.8 Å². The van der Waals surface area contributed by atoms with Crippen LogP contribution in [0.5, 0.6) is 0 Å². The number of nitrogen functional groups attached to an aromatic ring is 1. The minimum atomic E-state index is 0.292. The zero-order chi connectivity index (χ0) is 13.7. The maximum Gasteiger partial charge on any atom is 0.103 e. The molecule has 1 aromatic carbocycles. The third-order valence-electron chi connectivity index (χ3n) is 2.99. The molecule has 0 saturated carbocycles. The number of nitriles is 1. The molecule has 1 atom stereocenters. The maximum absolute atomic E-state index is 8.94. The molecule has 19 heavy (non-hydrogen) atoms. The Kier molecular flexibility index (Phi) is 4.09. The topological polar surface area (TPSA) is 75.0 Å².